The van der Waals surface area contributed by atoms with E-state index in [0.717, 1.165) is 22.8 Å². The quantitative estimate of drug-likeness (QED) is 0.618. The van der Waals surface area contributed by atoms with Gasteiger partial charge in [-0.05, 0) is 47.4 Å². The van der Waals surface area contributed by atoms with Gasteiger partial charge in [-0.3, -0.25) is 5.01 Å². The molecule has 25 heavy (non-hydrogen) atoms. The van der Waals surface area contributed by atoms with Crippen LogP contribution in [0.3, 0.4) is 0 Å². The molecule has 2 atom stereocenters. The smallest absolute Gasteiger partial charge is 0.0778 e. The summed E-state index contributed by atoms with van der Waals surface area (Å²) >= 11 is 6.07. The number of anilines is 1. The maximum Gasteiger partial charge on any atom is 0.0778 e. The van der Waals surface area contributed by atoms with Gasteiger partial charge in [-0.25, -0.2) is 0 Å². The van der Waals surface area contributed by atoms with E-state index in [0.29, 0.717) is 12.0 Å². The maximum absolute atomic E-state index is 6.07. The molecular weight excluding hydrogens is 328 g/mol. The fourth-order valence-electron chi connectivity index (χ4n) is 4.07. The van der Waals surface area contributed by atoms with E-state index in [2.05, 4.69) is 71.7 Å². The zero-order chi connectivity index (χ0) is 16.8. The second kappa shape index (κ2) is 5.75. The highest BCUT2D eigenvalue weighted by molar-refractivity contribution is 6.30. The van der Waals surface area contributed by atoms with E-state index >= 15 is 0 Å². The van der Waals surface area contributed by atoms with Crippen LogP contribution in [-0.2, 0) is 6.42 Å². The number of fused-ring (bicyclic) bond motifs is 3. The summed E-state index contributed by atoms with van der Waals surface area (Å²) in [6.45, 7) is 0. The van der Waals surface area contributed by atoms with E-state index in [1.54, 1.807) is 0 Å². The van der Waals surface area contributed by atoms with Crippen LogP contribution in [-0.4, -0.2) is 11.8 Å². The van der Waals surface area contributed by atoms with Gasteiger partial charge in [-0.1, -0.05) is 66.2 Å². The van der Waals surface area contributed by atoms with Crippen molar-refractivity contribution in [2.24, 2.45) is 5.10 Å². The van der Waals surface area contributed by atoms with Gasteiger partial charge in [0.1, 0.15) is 0 Å². The average Bonchev–Trinajstić information content (AvgIpc) is 3.21. The van der Waals surface area contributed by atoms with Crippen molar-refractivity contribution in [2.45, 2.75) is 18.4 Å². The van der Waals surface area contributed by atoms with Crippen molar-refractivity contribution in [2.75, 3.05) is 5.01 Å². The van der Waals surface area contributed by atoms with Crippen LogP contribution in [0.2, 0.25) is 5.02 Å². The van der Waals surface area contributed by atoms with Gasteiger partial charge < -0.3 is 0 Å². The number of hydrazone groups is 1. The maximum atomic E-state index is 6.07. The third kappa shape index (κ3) is 2.37. The molecule has 0 saturated heterocycles. The van der Waals surface area contributed by atoms with Crippen LogP contribution in [0.25, 0.3) is 0 Å². The van der Waals surface area contributed by atoms with Gasteiger partial charge in [-0.2, -0.15) is 5.10 Å². The third-order valence-corrected chi connectivity index (χ3v) is 5.44. The van der Waals surface area contributed by atoms with E-state index in [1.807, 2.05) is 12.1 Å². The van der Waals surface area contributed by atoms with Gasteiger partial charge in [0, 0.05) is 5.02 Å². The highest BCUT2D eigenvalue weighted by atomic mass is 35.5. The minimum absolute atomic E-state index is 0.314. The zero-order valence-electron chi connectivity index (χ0n) is 13.6. The first kappa shape index (κ1) is 14.7. The molecule has 2 unspecified atom stereocenters. The molecule has 1 aliphatic carbocycles. The first-order valence-electron chi connectivity index (χ1n) is 8.58. The van der Waals surface area contributed by atoms with Crippen LogP contribution in [0.1, 0.15) is 22.6 Å². The monoisotopic (exact) mass is 344 g/mol. The number of hydrogen-bond donors (Lipinski definition) is 0. The number of halogens is 1. The second-order valence-electron chi connectivity index (χ2n) is 6.62. The van der Waals surface area contributed by atoms with Crippen LogP contribution in [0.4, 0.5) is 5.69 Å². The molecule has 122 valence electrons. The SMILES string of the molecule is Clc1ccc(N2N=C(c3ccccc3)C3c4ccccc4CC32)cc1. The van der Waals surface area contributed by atoms with E-state index in [9.17, 15) is 0 Å². The van der Waals surface area contributed by atoms with Gasteiger partial charge >= 0.3 is 0 Å². The van der Waals surface area contributed by atoms with Crippen molar-refractivity contribution < 1.29 is 0 Å². The van der Waals surface area contributed by atoms with Crippen LogP contribution in [0.15, 0.2) is 84.0 Å². The molecule has 0 N–H and O–H groups in total. The summed E-state index contributed by atoms with van der Waals surface area (Å²) in [5.41, 5.74) is 6.29. The Labute approximate surface area is 152 Å². The first-order chi connectivity index (χ1) is 12.3. The van der Waals surface area contributed by atoms with E-state index in [1.165, 1.54) is 16.7 Å². The highest BCUT2D eigenvalue weighted by Gasteiger charge is 2.44. The van der Waals surface area contributed by atoms with Crippen molar-refractivity contribution in [3.63, 3.8) is 0 Å². The van der Waals surface area contributed by atoms with Crippen molar-refractivity contribution in [3.05, 3.63) is 101 Å². The van der Waals surface area contributed by atoms with Gasteiger partial charge in [0.15, 0.2) is 0 Å². The standard InChI is InChI=1S/C22H17ClN2/c23-17-10-12-18(13-11-17)25-20-14-16-8-4-5-9-19(16)21(20)22(24-25)15-6-2-1-3-7-15/h1-13,20-21H,14H2. The normalized spacial score (nSPS) is 21.0. The lowest BCUT2D eigenvalue weighted by Gasteiger charge is -2.23. The van der Waals surface area contributed by atoms with E-state index < -0.39 is 0 Å². The Hall–Kier alpha value is -2.58. The molecule has 5 rings (SSSR count). The fourth-order valence-corrected chi connectivity index (χ4v) is 4.20. The Morgan fingerprint density at radius 3 is 2.36 bits per heavy atom. The molecule has 3 heteroatoms. The molecular formula is C22H17ClN2. The minimum atomic E-state index is 0.314. The van der Waals surface area contributed by atoms with Crippen LogP contribution < -0.4 is 5.01 Å². The van der Waals surface area contributed by atoms with E-state index in [-0.39, 0.29) is 0 Å². The van der Waals surface area contributed by atoms with Gasteiger partial charge in [0.2, 0.25) is 0 Å². The molecule has 2 nitrogen and oxygen atoms in total. The molecule has 0 fully saturated rings. The Morgan fingerprint density at radius 1 is 0.840 bits per heavy atom. The predicted molar refractivity (Wildman–Crippen MR) is 104 cm³/mol. The van der Waals surface area contributed by atoms with Crippen molar-refractivity contribution >= 4 is 23.0 Å². The Kier molecular flexibility index (Phi) is 3.39. The summed E-state index contributed by atoms with van der Waals surface area (Å²) in [5.74, 6) is 0.314. The fraction of sp³-hybridized carbons (Fsp3) is 0.136. The Balaban J connectivity index is 1.65. The number of benzene rings is 3. The average molecular weight is 345 g/mol. The minimum Gasteiger partial charge on any atom is -0.261 e. The lowest BCUT2D eigenvalue weighted by atomic mass is 9.90. The first-order valence-corrected chi connectivity index (χ1v) is 8.95. The van der Waals surface area contributed by atoms with Crippen molar-refractivity contribution in [3.8, 4) is 0 Å². The van der Waals surface area contributed by atoms with Crippen LogP contribution in [0.5, 0.6) is 0 Å². The van der Waals surface area contributed by atoms with Crippen molar-refractivity contribution in [1.82, 2.24) is 0 Å². The predicted octanol–water partition coefficient (Wildman–Crippen LogP) is 5.27. The summed E-state index contributed by atoms with van der Waals surface area (Å²) in [6, 6.07) is 27.6. The summed E-state index contributed by atoms with van der Waals surface area (Å²) in [4.78, 5) is 0. The largest absolute Gasteiger partial charge is 0.261 e. The van der Waals surface area contributed by atoms with Crippen molar-refractivity contribution in [1.29, 1.82) is 0 Å². The van der Waals surface area contributed by atoms with Gasteiger partial charge in [0.05, 0.1) is 23.4 Å². The highest BCUT2D eigenvalue weighted by Crippen LogP contribution is 2.44. The molecule has 1 aliphatic heterocycles. The third-order valence-electron chi connectivity index (χ3n) is 5.19. The molecule has 3 aromatic carbocycles. The topological polar surface area (TPSA) is 15.6 Å². The second-order valence-corrected chi connectivity index (χ2v) is 7.06. The summed E-state index contributed by atoms with van der Waals surface area (Å²) in [7, 11) is 0. The molecule has 0 spiro atoms. The summed E-state index contributed by atoms with van der Waals surface area (Å²) in [5, 5.41) is 7.98. The number of nitrogens with zero attached hydrogens (tertiary/aromatic N) is 2. The lowest BCUT2D eigenvalue weighted by Crippen LogP contribution is -2.29. The molecule has 0 radical (unpaired) electrons. The molecule has 0 amide bonds. The Morgan fingerprint density at radius 2 is 1.56 bits per heavy atom. The van der Waals surface area contributed by atoms with E-state index in [4.69, 9.17) is 16.7 Å². The number of hydrogen-bond acceptors (Lipinski definition) is 2. The molecule has 2 aliphatic rings. The van der Waals surface area contributed by atoms with Crippen LogP contribution in [0, 0.1) is 0 Å². The van der Waals surface area contributed by atoms with Crippen LogP contribution >= 0.6 is 11.6 Å². The zero-order valence-corrected chi connectivity index (χ0v) is 14.4. The molecule has 0 saturated carbocycles. The summed E-state index contributed by atoms with van der Waals surface area (Å²) < 4.78 is 0. The molecule has 1 heterocycles. The van der Waals surface area contributed by atoms with Gasteiger partial charge in [0.25, 0.3) is 0 Å². The molecule has 3 aromatic rings. The lowest BCUT2D eigenvalue weighted by molar-refractivity contribution is 0.650. The summed E-state index contributed by atoms with van der Waals surface area (Å²) in [6.07, 6.45) is 1.02. The molecule has 0 bridgehead atoms. The van der Waals surface area contributed by atoms with Gasteiger partial charge in [-0.15, -0.1) is 0 Å². The Bertz CT molecular complexity index is 947. The molecule has 0 aromatic heterocycles. The number of rotatable bonds is 2.